The molecule has 1 saturated heterocycles. The molecule has 2 rings (SSSR count). The molecular weight excluding hydrogens is 228 g/mol. The SMILES string of the molecule is CS(=O)(=O)c1cccnc1OC1CCNC1. The Kier molecular flexibility index (Phi) is 3.11. The third kappa shape index (κ3) is 2.51. The van der Waals surface area contributed by atoms with Gasteiger partial charge in [-0.3, -0.25) is 0 Å². The van der Waals surface area contributed by atoms with E-state index < -0.39 is 9.84 Å². The smallest absolute Gasteiger partial charge is 0.232 e. The minimum absolute atomic E-state index is 0.00963. The summed E-state index contributed by atoms with van der Waals surface area (Å²) >= 11 is 0. The highest BCUT2D eigenvalue weighted by molar-refractivity contribution is 7.90. The van der Waals surface area contributed by atoms with Crippen molar-refractivity contribution in [2.45, 2.75) is 17.4 Å². The fourth-order valence-electron chi connectivity index (χ4n) is 1.63. The average molecular weight is 242 g/mol. The molecule has 1 aliphatic rings. The minimum atomic E-state index is -3.28. The molecule has 1 aromatic heterocycles. The monoisotopic (exact) mass is 242 g/mol. The quantitative estimate of drug-likeness (QED) is 0.821. The number of hydrogen-bond donors (Lipinski definition) is 1. The molecule has 0 radical (unpaired) electrons. The zero-order valence-electron chi connectivity index (χ0n) is 9.01. The Morgan fingerprint density at radius 1 is 1.56 bits per heavy atom. The summed E-state index contributed by atoms with van der Waals surface area (Å²) in [6, 6.07) is 3.11. The van der Waals surface area contributed by atoms with Gasteiger partial charge in [-0.2, -0.15) is 0 Å². The van der Waals surface area contributed by atoms with Gasteiger partial charge in [0.05, 0.1) is 0 Å². The van der Waals surface area contributed by atoms with E-state index in [9.17, 15) is 8.42 Å². The number of nitrogens with zero attached hydrogens (tertiary/aromatic N) is 1. The standard InChI is InChI=1S/C10H14N2O3S/c1-16(13,14)9-3-2-5-12-10(9)15-8-4-6-11-7-8/h2-3,5,8,11H,4,6-7H2,1H3. The first-order chi connectivity index (χ1) is 7.57. The van der Waals surface area contributed by atoms with Gasteiger partial charge in [-0.15, -0.1) is 0 Å². The van der Waals surface area contributed by atoms with Crippen molar-refractivity contribution in [2.24, 2.45) is 0 Å². The van der Waals surface area contributed by atoms with E-state index in [4.69, 9.17) is 4.74 Å². The second-order valence-electron chi connectivity index (χ2n) is 3.81. The largest absolute Gasteiger partial charge is 0.472 e. The van der Waals surface area contributed by atoms with Gasteiger partial charge in [0.15, 0.2) is 9.84 Å². The molecular formula is C10H14N2O3S. The van der Waals surface area contributed by atoms with Crippen molar-refractivity contribution in [3.8, 4) is 5.88 Å². The van der Waals surface area contributed by atoms with Gasteiger partial charge < -0.3 is 10.1 Å². The number of nitrogens with one attached hydrogen (secondary N) is 1. The number of sulfone groups is 1. The van der Waals surface area contributed by atoms with Gasteiger partial charge in [-0.1, -0.05) is 0 Å². The van der Waals surface area contributed by atoms with Crippen molar-refractivity contribution in [3.63, 3.8) is 0 Å². The number of hydrogen-bond acceptors (Lipinski definition) is 5. The second-order valence-corrected chi connectivity index (χ2v) is 5.80. The third-order valence-corrected chi connectivity index (χ3v) is 3.54. The summed E-state index contributed by atoms with van der Waals surface area (Å²) in [5.41, 5.74) is 0. The second kappa shape index (κ2) is 4.39. The lowest BCUT2D eigenvalue weighted by molar-refractivity contribution is 0.207. The normalized spacial score (nSPS) is 20.9. The highest BCUT2D eigenvalue weighted by Gasteiger charge is 2.21. The van der Waals surface area contributed by atoms with E-state index in [1.165, 1.54) is 12.3 Å². The summed E-state index contributed by atoms with van der Waals surface area (Å²) in [5, 5.41) is 3.15. The van der Waals surface area contributed by atoms with E-state index in [2.05, 4.69) is 10.3 Å². The highest BCUT2D eigenvalue weighted by Crippen LogP contribution is 2.22. The van der Waals surface area contributed by atoms with Crippen molar-refractivity contribution in [3.05, 3.63) is 18.3 Å². The van der Waals surface area contributed by atoms with Crippen molar-refractivity contribution in [2.75, 3.05) is 19.3 Å². The summed E-state index contributed by atoms with van der Waals surface area (Å²) < 4.78 is 28.6. The number of ether oxygens (including phenoxy) is 1. The molecule has 6 heteroatoms. The highest BCUT2D eigenvalue weighted by atomic mass is 32.2. The molecule has 5 nitrogen and oxygen atoms in total. The molecule has 2 heterocycles. The van der Waals surface area contributed by atoms with Crippen molar-refractivity contribution < 1.29 is 13.2 Å². The Morgan fingerprint density at radius 3 is 3.00 bits per heavy atom. The molecule has 1 N–H and O–H groups in total. The fourth-order valence-corrected chi connectivity index (χ4v) is 2.38. The van der Waals surface area contributed by atoms with Crippen LogP contribution in [0.3, 0.4) is 0 Å². The minimum Gasteiger partial charge on any atom is -0.472 e. The molecule has 0 saturated carbocycles. The Balaban J connectivity index is 2.26. The first-order valence-corrected chi connectivity index (χ1v) is 6.99. The van der Waals surface area contributed by atoms with Gasteiger partial charge in [0.2, 0.25) is 5.88 Å². The summed E-state index contributed by atoms with van der Waals surface area (Å²) in [6.45, 7) is 1.63. The molecule has 16 heavy (non-hydrogen) atoms. The lowest BCUT2D eigenvalue weighted by atomic mass is 10.3. The molecule has 0 bridgehead atoms. The van der Waals surface area contributed by atoms with E-state index in [1.54, 1.807) is 6.07 Å². The van der Waals surface area contributed by atoms with Gasteiger partial charge in [0, 0.05) is 19.0 Å². The zero-order chi connectivity index (χ0) is 11.6. The van der Waals surface area contributed by atoms with Crippen LogP contribution < -0.4 is 10.1 Å². The van der Waals surface area contributed by atoms with Crippen molar-refractivity contribution in [1.82, 2.24) is 10.3 Å². The lowest BCUT2D eigenvalue weighted by Crippen LogP contribution is -2.21. The van der Waals surface area contributed by atoms with Crippen LogP contribution in [0.4, 0.5) is 0 Å². The average Bonchev–Trinajstić information content (AvgIpc) is 2.70. The van der Waals surface area contributed by atoms with E-state index >= 15 is 0 Å². The van der Waals surface area contributed by atoms with Crippen LogP contribution in [0.2, 0.25) is 0 Å². The van der Waals surface area contributed by atoms with Crippen LogP contribution in [0.1, 0.15) is 6.42 Å². The maximum absolute atomic E-state index is 11.5. The number of aromatic nitrogens is 1. The molecule has 1 unspecified atom stereocenters. The molecule has 88 valence electrons. The maximum Gasteiger partial charge on any atom is 0.232 e. The Hall–Kier alpha value is -1.14. The van der Waals surface area contributed by atoms with Crippen LogP contribution in [-0.4, -0.2) is 38.9 Å². The van der Waals surface area contributed by atoms with E-state index in [0.717, 1.165) is 25.8 Å². The van der Waals surface area contributed by atoms with Crippen LogP contribution in [0.15, 0.2) is 23.2 Å². The van der Waals surface area contributed by atoms with E-state index in [0.29, 0.717) is 0 Å². The van der Waals surface area contributed by atoms with Crippen LogP contribution in [-0.2, 0) is 9.84 Å². The van der Waals surface area contributed by atoms with Crippen LogP contribution >= 0.6 is 0 Å². The van der Waals surface area contributed by atoms with Crippen LogP contribution in [0, 0.1) is 0 Å². The van der Waals surface area contributed by atoms with E-state index in [-0.39, 0.29) is 16.9 Å². The third-order valence-electron chi connectivity index (χ3n) is 2.43. The Bertz CT molecular complexity index is 467. The Labute approximate surface area is 94.8 Å². The molecule has 1 atom stereocenters. The molecule has 0 spiro atoms. The first kappa shape index (κ1) is 11.3. The van der Waals surface area contributed by atoms with Gasteiger partial charge in [0.25, 0.3) is 0 Å². The predicted octanol–water partition coefficient (Wildman–Crippen LogP) is 0.226. The number of rotatable bonds is 3. The molecule has 1 aromatic rings. The zero-order valence-corrected chi connectivity index (χ0v) is 9.83. The summed E-state index contributed by atoms with van der Waals surface area (Å²) in [4.78, 5) is 4.13. The summed E-state index contributed by atoms with van der Waals surface area (Å²) in [6.07, 6.45) is 3.58. The molecule has 1 aliphatic heterocycles. The Morgan fingerprint density at radius 2 is 2.38 bits per heavy atom. The molecule has 0 aromatic carbocycles. The summed E-state index contributed by atoms with van der Waals surface area (Å²) in [7, 11) is -3.28. The van der Waals surface area contributed by atoms with Gasteiger partial charge >= 0.3 is 0 Å². The fraction of sp³-hybridized carbons (Fsp3) is 0.500. The molecule has 1 fully saturated rings. The van der Waals surface area contributed by atoms with Crippen LogP contribution in [0.5, 0.6) is 5.88 Å². The van der Waals surface area contributed by atoms with Gasteiger partial charge in [-0.05, 0) is 25.1 Å². The topological polar surface area (TPSA) is 68.3 Å². The maximum atomic E-state index is 11.5. The van der Waals surface area contributed by atoms with E-state index in [1.807, 2.05) is 0 Å². The van der Waals surface area contributed by atoms with Gasteiger partial charge in [0.1, 0.15) is 11.0 Å². The number of pyridine rings is 1. The predicted molar refractivity (Wildman–Crippen MR) is 59.2 cm³/mol. The van der Waals surface area contributed by atoms with Gasteiger partial charge in [-0.25, -0.2) is 13.4 Å². The molecule has 0 amide bonds. The lowest BCUT2D eigenvalue weighted by Gasteiger charge is -2.13. The van der Waals surface area contributed by atoms with Crippen molar-refractivity contribution >= 4 is 9.84 Å². The van der Waals surface area contributed by atoms with Crippen molar-refractivity contribution in [1.29, 1.82) is 0 Å². The molecule has 0 aliphatic carbocycles. The summed E-state index contributed by atoms with van der Waals surface area (Å²) in [5.74, 6) is 0.207. The first-order valence-electron chi connectivity index (χ1n) is 5.10. The van der Waals surface area contributed by atoms with Crippen LogP contribution in [0.25, 0.3) is 0 Å².